The average Bonchev–Trinajstić information content (AvgIpc) is 3.30. The van der Waals surface area contributed by atoms with Crippen LogP contribution in [0.15, 0.2) is 41.8 Å². The summed E-state index contributed by atoms with van der Waals surface area (Å²) in [6.45, 7) is 0. The van der Waals surface area contributed by atoms with E-state index in [9.17, 15) is 9.59 Å². The maximum absolute atomic E-state index is 12.9. The Morgan fingerprint density at radius 1 is 1.20 bits per heavy atom. The van der Waals surface area contributed by atoms with Crippen LogP contribution in [0.25, 0.3) is 0 Å². The molecule has 2 aromatic rings. The Kier molecular flexibility index (Phi) is 3.19. The highest BCUT2D eigenvalue weighted by atomic mass is 32.1. The SMILES string of the molecule is O=C1N[C@@]2(C[C@H]3CC[C@H]2N3C(=O)Cc2cccs2)Nc2ccccc21. The lowest BCUT2D eigenvalue weighted by atomic mass is 9.86. The van der Waals surface area contributed by atoms with Crippen LogP contribution in [-0.4, -0.2) is 34.5 Å². The van der Waals surface area contributed by atoms with Crippen molar-refractivity contribution in [1.29, 1.82) is 0 Å². The molecule has 6 heteroatoms. The summed E-state index contributed by atoms with van der Waals surface area (Å²) in [5, 5.41) is 8.74. The second-order valence-electron chi connectivity index (χ2n) is 7.10. The van der Waals surface area contributed by atoms with Crippen molar-refractivity contribution >= 4 is 28.8 Å². The molecule has 2 N–H and O–H groups in total. The molecule has 0 saturated carbocycles. The molecule has 25 heavy (non-hydrogen) atoms. The number of rotatable bonds is 2. The van der Waals surface area contributed by atoms with Crippen LogP contribution in [-0.2, 0) is 11.2 Å². The van der Waals surface area contributed by atoms with E-state index in [0.717, 1.165) is 29.8 Å². The number of para-hydroxylation sites is 1. The molecule has 1 aromatic carbocycles. The van der Waals surface area contributed by atoms with Crippen LogP contribution >= 0.6 is 11.3 Å². The van der Waals surface area contributed by atoms with Crippen LogP contribution < -0.4 is 10.6 Å². The van der Waals surface area contributed by atoms with Crippen molar-refractivity contribution in [1.82, 2.24) is 10.2 Å². The molecule has 3 atom stereocenters. The van der Waals surface area contributed by atoms with Crippen LogP contribution in [0.1, 0.15) is 34.5 Å². The van der Waals surface area contributed by atoms with E-state index in [1.54, 1.807) is 11.3 Å². The third-order valence-corrected chi connectivity index (χ3v) is 6.56. The van der Waals surface area contributed by atoms with E-state index in [4.69, 9.17) is 0 Å². The highest BCUT2D eigenvalue weighted by Crippen LogP contribution is 2.46. The Labute approximate surface area is 150 Å². The Hall–Kier alpha value is -2.34. The predicted octanol–water partition coefficient (Wildman–Crippen LogP) is 2.61. The van der Waals surface area contributed by atoms with Gasteiger partial charge in [0.25, 0.3) is 5.91 Å². The Bertz CT molecular complexity index is 850. The van der Waals surface area contributed by atoms with Crippen LogP contribution in [0.2, 0.25) is 0 Å². The molecule has 1 spiro atoms. The Morgan fingerprint density at radius 2 is 2.08 bits per heavy atom. The molecule has 5 nitrogen and oxygen atoms in total. The number of hydrogen-bond donors (Lipinski definition) is 2. The summed E-state index contributed by atoms with van der Waals surface area (Å²) in [5.74, 6) is 0.120. The summed E-state index contributed by atoms with van der Waals surface area (Å²) in [7, 11) is 0. The van der Waals surface area contributed by atoms with Crippen LogP contribution in [0.5, 0.6) is 0 Å². The van der Waals surface area contributed by atoms with Crippen molar-refractivity contribution in [3.8, 4) is 0 Å². The summed E-state index contributed by atoms with van der Waals surface area (Å²) in [6.07, 6.45) is 3.16. The minimum Gasteiger partial charge on any atom is -0.360 e. The van der Waals surface area contributed by atoms with E-state index in [1.165, 1.54) is 0 Å². The van der Waals surface area contributed by atoms with E-state index in [2.05, 4.69) is 10.6 Å². The third-order valence-electron chi connectivity index (χ3n) is 5.69. The van der Waals surface area contributed by atoms with E-state index < -0.39 is 5.66 Å². The molecule has 5 rings (SSSR count). The molecule has 128 valence electrons. The largest absolute Gasteiger partial charge is 0.360 e. The number of amides is 2. The molecule has 0 aliphatic carbocycles. The number of fused-ring (bicyclic) bond motifs is 4. The fourth-order valence-electron chi connectivity index (χ4n) is 4.71. The first-order chi connectivity index (χ1) is 12.2. The molecule has 3 aliphatic heterocycles. The zero-order chi connectivity index (χ0) is 17.0. The Balaban J connectivity index is 1.44. The monoisotopic (exact) mass is 353 g/mol. The normalized spacial score (nSPS) is 29.4. The first-order valence-electron chi connectivity index (χ1n) is 8.69. The van der Waals surface area contributed by atoms with E-state index in [-0.39, 0.29) is 23.9 Å². The quantitative estimate of drug-likeness (QED) is 0.872. The predicted molar refractivity (Wildman–Crippen MR) is 96.6 cm³/mol. The minimum absolute atomic E-state index is 0.0160. The lowest BCUT2D eigenvalue weighted by molar-refractivity contribution is -0.132. The first kappa shape index (κ1) is 15.0. The smallest absolute Gasteiger partial charge is 0.255 e. The van der Waals surface area contributed by atoms with Crippen LogP contribution in [0.4, 0.5) is 5.69 Å². The lowest BCUT2D eigenvalue weighted by Crippen LogP contribution is -2.64. The first-order valence-corrected chi connectivity index (χ1v) is 9.57. The van der Waals surface area contributed by atoms with Gasteiger partial charge in [0, 0.05) is 23.0 Å². The number of thiophene rings is 1. The van der Waals surface area contributed by atoms with Crippen molar-refractivity contribution < 1.29 is 9.59 Å². The molecule has 2 fully saturated rings. The molecule has 4 heterocycles. The van der Waals surface area contributed by atoms with Gasteiger partial charge in [0.1, 0.15) is 5.66 Å². The zero-order valence-corrected chi connectivity index (χ0v) is 14.5. The van der Waals surface area contributed by atoms with Gasteiger partial charge in [-0.25, -0.2) is 0 Å². The number of carbonyl (C=O) groups is 2. The van der Waals surface area contributed by atoms with Gasteiger partial charge in [0.15, 0.2) is 0 Å². The van der Waals surface area contributed by atoms with Gasteiger partial charge in [0.05, 0.1) is 18.0 Å². The fourth-order valence-corrected chi connectivity index (χ4v) is 5.40. The molecule has 2 amide bonds. The molecule has 1 aromatic heterocycles. The third kappa shape index (κ3) is 2.20. The average molecular weight is 353 g/mol. The molecule has 3 aliphatic rings. The number of hydrogen-bond acceptors (Lipinski definition) is 4. The van der Waals surface area contributed by atoms with Crippen molar-refractivity contribution in [2.75, 3.05) is 5.32 Å². The number of carbonyl (C=O) groups excluding carboxylic acids is 2. The molecular weight excluding hydrogens is 334 g/mol. The summed E-state index contributed by atoms with van der Waals surface area (Å²) in [5.41, 5.74) is 1.01. The minimum atomic E-state index is -0.528. The van der Waals surface area contributed by atoms with Gasteiger partial charge >= 0.3 is 0 Å². The van der Waals surface area contributed by atoms with Gasteiger partial charge in [-0.3, -0.25) is 9.59 Å². The van der Waals surface area contributed by atoms with Crippen molar-refractivity contribution in [2.45, 2.75) is 43.4 Å². The van der Waals surface area contributed by atoms with Crippen molar-refractivity contribution in [2.24, 2.45) is 0 Å². The zero-order valence-electron chi connectivity index (χ0n) is 13.7. The number of benzene rings is 1. The van der Waals surface area contributed by atoms with Gasteiger partial charge in [-0.1, -0.05) is 18.2 Å². The number of nitrogens with one attached hydrogen (secondary N) is 2. The van der Waals surface area contributed by atoms with E-state index in [1.807, 2.05) is 46.7 Å². The van der Waals surface area contributed by atoms with Gasteiger partial charge < -0.3 is 15.5 Å². The number of nitrogens with zero attached hydrogens (tertiary/aromatic N) is 1. The topological polar surface area (TPSA) is 61.4 Å². The van der Waals surface area contributed by atoms with Crippen molar-refractivity contribution in [3.63, 3.8) is 0 Å². The standard InChI is InChI=1S/C19H19N3O2S/c23-17(10-13-4-3-9-25-13)22-12-7-8-16(22)19(11-12)20-15-6-2-1-5-14(15)18(24)21-19/h1-6,9,12,16,20H,7-8,10-11H2,(H,21,24)/t12-,16-,19-/m1/s1. The summed E-state index contributed by atoms with van der Waals surface area (Å²) >= 11 is 1.62. The van der Waals surface area contributed by atoms with Crippen molar-refractivity contribution in [3.05, 3.63) is 52.2 Å². The maximum Gasteiger partial charge on any atom is 0.255 e. The second-order valence-corrected chi connectivity index (χ2v) is 8.14. The second kappa shape index (κ2) is 5.33. The Morgan fingerprint density at radius 3 is 2.92 bits per heavy atom. The van der Waals surface area contributed by atoms with Gasteiger partial charge in [0.2, 0.25) is 5.91 Å². The molecular formula is C19H19N3O2S. The van der Waals surface area contributed by atoms with Gasteiger partial charge in [-0.2, -0.15) is 0 Å². The van der Waals surface area contributed by atoms with E-state index >= 15 is 0 Å². The maximum atomic E-state index is 12.9. The highest BCUT2D eigenvalue weighted by Gasteiger charge is 2.59. The van der Waals surface area contributed by atoms with Crippen LogP contribution in [0, 0.1) is 0 Å². The summed E-state index contributed by atoms with van der Waals surface area (Å²) in [6, 6.07) is 11.8. The lowest BCUT2D eigenvalue weighted by Gasteiger charge is -2.43. The van der Waals surface area contributed by atoms with Crippen LogP contribution in [0.3, 0.4) is 0 Å². The number of anilines is 1. The molecule has 0 unspecified atom stereocenters. The van der Waals surface area contributed by atoms with E-state index in [0.29, 0.717) is 12.0 Å². The van der Waals surface area contributed by atoms with Gasteiger partial charge in [-0.05, 0) is 36.4 Å². The fraction of sp³-hybridized carbons (Fsp3) is 0.368. The molecule has 2 saturated heterocycles. The highest BCUT2D eigenvalue weighted by molar-refractivity contribution is 7.10. The molecule has 2 bridgehead atoms. The molecule has 0 radical (unpaired) electrons. The summed E-state index contributed by atoms with van der Waals surface area (Å²) in [4.78, 5) is 28.6. The van der Waals surface area contributed by atoms with Gasteiger partial charge in [-0.15, -0.1) is 11.3 Å². The summed E-state index contributed by atoms with van der Waals surface area (Å²) < 4.78 is 0.